The molecule has 5 heteroatoms. The number of amides is 2. The summed E-state index contributed by atoms with van der Waals surface area (Å²) in [4.78, 5) is 14.4. The molecule has 0 atom stereocenters. The summed E-state index contributed by atoms with van der Waals surface area (Å²) >= 11 is 5.09. The number of likely N-dealkylation sites (tertiary alicyclic amines) is 1. The highest BCUT2D eigenvalue weighted by molar-refractivity contribution is 7.80. The zero-order valence-electron chi connectivity index (χ0n) is 10.4. The summed E-state index contributed by atoms with van der Waals surface area (Å²) in [5.41, 5.74) is 5.68. The van der Waals surface area contributed by atoms with Crippen LogP contribution in [0, 0.1) is 5.41 Å². The summed E-state index contributed by atoms with van der Waals surface area (Å²) in [5, 5.41) is 3.07. The minimum absolute atomic E-state index is 0.0669. The van der Waals surface area contributed by atoms with Gasteiger partial charge in [-0.15, -0.1) is 0 Å². The van der Waals surface area contributed by atoms with Crippen molar-refractivity contribution >= 4 is 23.2 Å². The first-order valence-electron chi connectivity index (χ1n) is 6.37. The Labute approximate surface area is 108 Å². The maximum atomic E-state index is 11.9. The lowest BCUT2D eigenvalue weighted by Gasteiger charge is -2.39. The molecule has 0 unspecified atom stereocenters. The number of nitrogens with one attached hydrogen (secondary N) is 1. The number of nitrogens with zero attached hydrogens (tertiary/aromatic N) is 1. The molecule has 96 valence electrons. The predicted octanol–water partition coefficient (Wildman–Crippen LogP) is 1.64. The molecule has 1 aliphatic carbocycles. The van der Waals surface area contributed by atoms with Crippen molar-refractivity contribution in [3.8, 4) is 0 Å². The molecule has 17 heavy (non-hydrogen) atoms. The third-order valence-corrected chi connectivity index (χ3v) is 4.67. The van der Waals surface area contributed by atoms with E-state index >= 15 is 0 Å². The molecule has 0 aromatic heterocycles. The highest BCUT2D eigenvalue weighted by Gasteiger charge is 2.34. The van der Waals surface area contributed by atoms with Crippen LogP contribution in [-0.2, 0) is 0 Å². The van der Waals surface area contributed by atoms with Crippen molar-refractivity contribution in [2.75, 3.05) is 13.1 Å². The van der Waals surface area contributed by atoms with Gasteiger partial charge >= 0.3 is 6.03 Å². The van der Waals surface area contributed by atoms with Gasteiger partial charge in [0.2, 0.25) is 0 Å². The van der Waals surface area contributed by atoms with E-state index in [0.717, 1.165) is 38.8 Å². The summed E-state index contributed by atoms with van der Waals surface area (Å²) in [6.45, 7) is 3.61. The molecular formula is C12H21N3OS. The average molecular weight is 255 g/mol. The Hall–Kier alpha value is -0.840. The number of rotatable bonds is 2. The van der Waals surface area contributed by atoms with E-state index < -0.39 is 0 Å². The van der Waals surface area contributed by atoms with Crippen LogP contribution in [0.3, 0.4) is 0 Å². The first-order valence-corrected chi connectivity index (χ1v) is 6.77. The van der Waals surface area contributed by atoms with Gasteiger partial charge in [0.05, 0.1) is 4.99 Å². The topological polar surface area (TPSA) is 58.4 Å². The van der Waals surface area contributed by atoms with Crippen LogP contribution in [0.5, 0.6) is 0 Å². The maximum absolute atomic E-state index is 11.9. The lowest BCUT2D eigenvalue weighted by atomic mass is 9.80. The van der Waals surface area contributed by atoms with Gasteiger partial charge in [-0.1, -0.05) is 19.1 Å². The van der Waals surface area contributed by atoms with Crippen molar-refractivity contribution in [3.63, 3.8) is 0 Å². The Kier molecular flexibility index (Phi) is 3.56. The van der Waals surface area contributed by atoms with Crippen LogP contribution in [0.1, 0.15) is 39.0 Å². The Balaban J connectivity index is 1.81. The van der Waals surface area contributed by atoms with Gasteiger partial charge in [0.15, 0.2) is 0 Å². The summed E-state index contributed by atoms with van der Waals surface area (Å²) in [6.07, 6.45) is 5.25. The number of carbonyl (C=O) groups is 1. The van der Waals surface area contributed by atoms with E-state index in [0.29, 0.717) is 11.0 Å². The van der Waals surface area contributed by atoms with E-state index in [1.54, 1.807) is 0 Å². The van der Waals surface area contributed by atoms with Crippen LogP contribution in [0.2, 0.25) is 0 Å². The Bertz CT molecular complexity index is 320. The molecule has 1 aliphatic heterocycles. The van der Waals surface area contributed by atoms with Gasteiger partial charge in [0, 0.05) is 24.5 Å². The van der Waals surface area contributed by atoms with Crippen molar-refractivity contribution in [1.29, 1.82) is 0 Å². The van der Waals surface area contributed by atoms with Crippen LogP contribution < -0.4 is 11.1 Å². The monoisotopic (exact) mass is 255 g/mol. The van der Waals surface area contributed by atoms with Crippen molar-refractivity contribution in [2.45, 2.75) is 45.1 Å². The second kappa shape index (κ2) is 4.80. The predicted molar refractivity (Wildman–Crippen MR) is 71.9 cm³/mol. The molecule has 1 saturated heterocycles. The Morgan fingerprint density at radius 3 is 2.41 bits per heavy atom. The van der Waals surface area contributed by atoms with E-state index in [-0.39, 0.29) is 11.4 Å². The molecule has 2 fully saturated rings. The molecule has 1 heterocycles. The molecule has 2 aliphatic rings. The minimum Gasteiger partial charge on any atom is -0.393 e. The molecule has 0 aromatic carbocycles. The number of urea groups is 1. The molecule has 2 rings (SSSR count). The fourth-order valence-electron chi connectivity index (χ4n) is 2.27. The van der Waals surface area contributed by atoms with E-state index in [9.17, 15) is 4.79 Å². The third-order valence-electron chi connectivity index (χ3n) is 4.18. The van der Waals surface area contributed by atoms with E-state index in [1.165, 1.54) is 6.42 Å². The van der Waals surface area contributed by atoms with E-state index in [4.69, 9.17) is 18.0 Å². The lowest BCUT2D eigenvalue weighted by Crippen LogP contribution is -2.52. The molecule has 1 saturated carbocycles. The second-order valence-corrected chi connectivity index (χ2v) is 5.93. The van der Waals surface area contributed by atoms with Gasteiger partial charge in [0.1, 0.15) is 0 Å². The fourth-order valence-corrected chi connectivity index (χ4v) is 2.47. The zero-order valence-corrected chi connectivity index (χ0v) is 11.2. The summed E-state index contributed by atoms with van der Waals surface area (Å²) in [7, 11) is 0. The van der Waals surface area contributed by atoms with Crippen LogP contribution in [0.25, 0.3) is 0 Å². The van der Waals surface area contributed by atoms with Crippen LogP contribution in [0.15, 0.2) is 0 Å². The Morgan fingerprint density at radius 2 is 2.00 bits per heavy atom. The van der Waals surface area contributed by atoms with E-state index in [1.807, 2.05) is 4.90 Å². The fraction of sp³-hybridized carbons (Fsp3) is 0.833. The quantitative estimate of drug-likeness (QED) is 0.737. The molecule has 0 radical (unpaired) electrons. The van der Waals surface area contributed by atoms with Crippen molar-refractivity contribution < 1.29 is 4.79 Å². The second-order valence-electron chi connectivity index (χ2n) is 5.49. The zero-order chi connectivity index (χ0) is 12.5. The molecule has 0 spiro atoms. The SMILES string of the molecule is CC1(C(N)=S)CCN(C(=O)NC2CCC2)CC1. The number of carbonyl (C=O) groups excluding carboxylic acids is 1. The summed E-state index contributed by atoms with van der Waals surface area (Å²) in [5.74, 6) is 0. The number of piperidine rings is 1. The maximum Gasteiger partial charge on any atom is 0.317 e. The largest absolute Gasteiger partial charge is 0.393 e. The van der Waals surface area contributed by atoms with Gasteiger partial charge < -0.3 is 16.0 Å². The Morgan fingerprint density at radius 1 is 1.41 bits per heavy atom. The van der Waals surface area contributed by atoms with Gasteiger partial charge in [-0.25, -0.2) is 4.79 Å². The normalized spacial score (nSPS) is 23.9. The third kappa shape index (κ3) is 2.70. The standard InChI is InChI=1S/C12H21N3OS/c1-12(10(13)17)5-7-15(8-6-12)11(16)14-9-3-2-4-9/h9H,2-8H2,1H3,(H2,13,17)(H,14,16). The van der Waals surface area contributed by atoms with E-state index in [2.05, 4.69) is 12.2 Å². The van der Waals surface area contributed by atoms with Crippen LogP contribution in [0.4, 0.5) is 4.79 Å². The number of hydrogen-bond acceptors (Lipinski definition) is 2. The van der Waals surface area contributed by atoms with Crippen molar-refractivity contribution in [3.05, 3.63) is 0 Å². The molecule has 0 bridgehead atoms. The van der Waals surface area contributed by atoms with Crippen LogP contribution in [-0.4, -0.2) is 35.1 Å². The highest BCUT2D eigenvalue weighted by Crippen LogP contribution is 2.31. The molecule has 2 amide bonds. The lowest BCUT2D eigenvalue weighted by molar-refractivity contribution is 0.153. The molecular weight excluding hydrogens is 234 g/mol. The van der Waals surface area contributed by atoms with Gasteiger partial charge in [-0.3, -0.25) is 0 Å². The van der Waals surface area contributed by atoms with Crippen molar-refractivity contribution in [1.82, 2.24) is 10.2 Å². The minimum atomic E-state index is -0.0669. The average Bonchev–Trinajstić information content (AvgIpc) is 2.24. The van der Waals surface area contributed by atoms with Gasteiger partial charge in [-0.2, -0.15) is 0 Å². The van der Waals surface area contributed by atoms with Gasteiger partial charge in [-0.05, 0) is 32.1 Å². The number of thiocarbonyl (C=S) groups is 1. The smallest absolute Gasteiger partial charge is 0.317 e. The van der Waals surface area contributed by atoms with Crippen LogP contribution >= 0.6 is 12.2 Å². The highest BCUT2D eigenvalue weighted by atomic mass is 32.1. The number of nitrogens with two attached hydrogens (primary N) is 1. The first kappa shape index (κ1) is 12.6. The molecule has 4 nitrogen and oxygen atoms in total. The van der Waals surface area contributed by atoms with Crippen molar-refractivity contribution in [2.24, 2.45) is 11.1 Å². The van der Waals surface area contributed by atoms with Gasteiger partial charge in [0.25, 0.3) is 0 Å². The molecule has 3 N–H and O–H groups in total. The summed E-state index contributed by atoms with van der Waals surface area (Å²) in [6, 6.07) is 0.492. The first-order chi connectivity index (χ1) is 8.01. The number of hydrogen-bond donors (Lipinski definition) is 2. The summed E-state index contributed by atoms with van der Waals surface area (Å²) < 4.78 is 0. The molecule has 0 aromatic rings.